The van der Waals surface area contributed by atoms with Crippen molar-refractivity contribution in [3.63, 3.8) is 0 Å². The molecule has 0 radical (unpaired) electrons. The Balaban J connectivity index is 2.15. The largest absolute Gasteiger partial charge is 0.293 e. The standard InChI is InChI=1S/C24H32N4O4S/c1-5-8-9-17(6-2)15-26-33(31,32)19-12-10-18(11-13-19)27-28-22-16(4)21(14-25)23(29)20(7-3)24(22)30/h10-13,17,20,26-27H,5-9,15H2,1-4H3. The van der Waals surface area contributed by atoms with Gasteiger partial charge in [-0.1, -0.05) is 40.0 Å². The summed E-state index contributed by atoms with van der Waals surface area (Å²) in [6.45, 7) is 7.80. The minimum absolute atomic E-state index is 0.0362. The number of sulfonamides is 1. The number of unbranched alkanes of at least 4 members (excludes halogenated alkanes) is 1. The van der Waals surface area contributed by atoms with Gasteiger partial charge in [0.1, 0.15) is 17.4 Å². The van der Waals surface area contributed by atoms with Crippen molar-refractivity contribution in [2.75, 3.05) is 12.0 Å². The number of allylic oxidation sites excluding steroid dienone is 2. The number of anilines is 1. The molecule has 0 fully saturated rings. The van der Waals surface area contributed by atoms with E-state index in [0.717, 1.165) is 25.7 Å². The molecule has 178 valence electrons. The molecule has 1 aliphatic carbocycles. The minimum Gasteiger partial charge on any atom is -0.293 e. The van der Waals surface area contributed by atoms with E-state index in [0.29, 0.717) is 18.2 Å². The Morgan fingerprint density at radius 3 is 2.33 bits per heavy atom. The second-order valence-corrected chi connectivity index (χ2v) is 9.93. The first-order chi connectivity index (χ1) is 15.7. The van der Waals surface area contributed by atoms with Crippen LogP contribution in [0.5, 0.6) is 0 Å². The van der Waals surface area contributed by atoms with Crippen molar-refractivity contribution in [2.24, 2.45) is 16.9 Å². The summed E-state index contributed by atoms with van der Waals surface area (Å²) < 4.78 is 27.9. The molecular weight excluding hydrogens is 440 g/mol. The summed E-state index contributed by atoms with van der Waals surface area (Å²) >= 11 is 0. The Morgan fingerprint density at radius 1 is 1.12 bits per heavy atom. The van der Waals surface area contributed by atoms with Crippen LogP contribution in [-0.2, 0) is 19.6 Å². The molecule has 0 amide bonds. The Hall–Kier alpha value is -2.83. The smallest absolute Gasteiger partial charge is 0.240 e. The summed E-state index contributed by atoms with van der Waals surface area (Å²) in [5.74, 6) is -1.50. The third-order valence-electron chi connectivity index (χ3n) is 5.93. The third kappa shape index (κ3) is 6.36. The monoisotopic (exact) mass is 472 g/mol. The summed E-state index contributed by atoms with van der Waals surface area (Å²) in [4.78, 5) is 25.1. The van der Waals surface area contributed by atoms with Crippen LogP contribution >= 0.6 is 0 Å². The van der Waals surface area contributed by atoms with E-state index in [4.69, 9.17) is 0 Å². The molecule has 1 aromatic rings. The summed E-state index contributed by atoms with van der Waals surface area (Å²) in [5.41, 5.74) is 3.43. The number of rotatable bonds is 11. The van der Waals surface area contributed by atoms with Crippen molar-refractivity contribution >= 4 is 33.0 Å². The number of nitriles is 1. The lowest BCUT2D eigenvalue weighted by molar-refractivity contribution is -0.127. The predicted octanol–water partition coefficient (Wildman–Crippen LogP) is 3.97. The predicted molar refractivity (Wildman–Crippen MR) is 128 cm³/mol. The van der Waals surface area contributed by atoms with Crippen LogP contribution in [0, 0.1) is 23.2 Å². The van der Waals surface area contributed by atoms with Gasteiger partial charge in [-0.05, 0) is 49.9 Å². The molecule has 2 unspecified atom stereocenters. The van der Waals surface area contributed by atoms with E-state index in [1.165, 1.54) is 19.1 Å². The molecule has 2 N–H and O–H groups in total. The van der Waals surface area contributed by atoms with Crippen LogP contribution in [0.4, 0.5) is 5.69 Å². The quantitative estimate of drug-likeness (QED) is 0.370. The van der Waals surface area contributed by atoms with Crippen LogP contribution in [0.2, 0.25) is 0 Å². The maximum absolute atomic E-state index is 12.6. The van der Waals surface area contributed by atoms with Gasteiger partial charge in [0.05, 0.1) is 16.5 Å². The van der Waals surface area contributed by atoms with Gasteiger partial charge in [0.2, 0.25) is 10.0 Å². The number of hydrazone groups is 1. The Kier molecular flexibility index (Phi) is 9.50. The highest BCUT2D eigenvalue weighted by molar-refractivity contribution is 7.89. The highest BCUT2D eigenvalue weighted by atomic mass is 32.2. The zero-order valence-electron chi connectivity index (χ0n) is 19.6. The number of benzene rings is 1. The molecule has 0 bridgehead atoms. The van der Waals surface area contributed by atoms with Gasteiger partial charge in [0.15, 0.2) is 11.6 Å². The van der Waals surface area contributed by atoms with E-state index in [1.807, 2.05) is 6.07 Å². The number of carbonyl (C=O) groups is 2. The summed E-state index contributed by atoms with van der Waals surface area (Å²) in [6.07, 6.45) is 4.34. The van der Waals surface area contributed by atoms with Crippen LogP contribution in [0.25, 0.3) is 0 Å². The van der Waals surface area contributed by atoms with Gasteiger partial charge in [-0.15, -0.1) is 0 Å². The number of Topliss-reactive ketones (excluding diaryl/α,β-unsaturated/α-hetero) is 2. The number of carbonyl (C=O) groups excluding carboxylic acids is 2. The number of nitrogens with one attached hydrogen (secondary N) is 2. The minimum atomic E-state index is -3.64. The molecule has 2 rings (SSSR count). The molecule has 2 atom stereocenters. The van der Waals surface area contributed by atoms with E-state index in [-0.39, 0.29) is 28.2 Å². The molecule has 33 heavy (non-hydrogen) atoms. The summed E-state index contributed by atoms with van der Waals surface area (Å²) in [7, 11) is -3.64. The lowest BCUT2D eigenvalue weighted by Gasteiger charge is -2.20. The van der Waals surface area contributed by atoms with Crippen LogP contribution < -0.4 is 10.1 Å². The van der Waals surface area contributed by atoms with Crippen molar-refractivity contribution in [3.05, 3.63) is 35.4 Å². The molecule has 0 aromatic heterocycles. The maximum Gasteiger partial charge on any atom is 0.240 e. The average Bonchev–Trinajstić information content (AvgIpc) is 2.80. The molecule has 1 aliphatic rings. The number of hydrogen-bond donors (Lipinski definition) is 2. The fourth-order valence-corrected chi connectivity index (χ4v) is 4.79. The van der Waals surface area contributed by atoms with Crippen molar-refractivity contribution in [2.45, 2.75) is 64.7 Å². The van der Waals surface area contributed by atoms with Gasteiger partial charge in [0, 0.05) is 12.1 Å². The zero-order chi connectivity index (χ0) is 24.6. The second-order valence-electron chi connectivity index (χ2n) is 8.17. The molecule has 0 saturated carbocycles. The fraction of sp³-hybridized carbons (Fsp3) is 0.500. The zero-order valence-corrected chi connectivity index (χ0v) is 20.5. The second kappa shape index (κ2) is 11.9. The van der Waals surface area contributed by atoms with Crippen molar-refractivity contribution < 1.29 is 18.0 Å². The van der Waals surface area contributed by atoms with E-state index in [2.05, 4.69) is 29.1 Å². The van der Waals surface area contributed by atoms with Gasteiger partial charge in [0.25, 0.3) is 0 Å². The normalized spacial score (nSPS) is 19.0. The number of hydrogen-bond acceptors (Lipinski definition) is 7. The van der Waals surface area contributed by atoms with Crippen molar-refractivity contribution in [3.8, 4) is 6.07 Å². The van der Waals surface area contributed by atoms with Crippen LogP contribution in [0.3, 0.4) is 0 Å². The molecule has 0 saturated heterocycles. The van der Waals surface area contributed by atoms with E-state index >= 15 is 0 Å². The molecular formula is C24H32N4O4S. The highest BCUT2D eigenvalue weighted by Gasteiger charge is 2.38. The van der Waals surface area contributed by atoms with Crippen LogP contribution in [0.1, 0.15) is 59.8 Å². The first-order valence-electron chi connectivity index (χ1n) is 11.3. The van der Waals surface area contributed by atoms with Crippen LogP contribution in [0.15, 0.2) is 45.4 Å². The highest BCUT2D eigenvalue weighted by Crippen LogP contribution is 2.24. The molecule has 9 heteroatoms. The number of ketones is 2. The van der Waals surface area contributed by atoms with E-state index < -0.39 is 27.5 Å². The van der Waals surface area contributed by atoms with Crippen molar-refractivity contribution in [1.29, 1.82) is 5.26 Å². The molecule has 1 aromatic carbocycles. The fourth-order valence-electron chi connectivity index (χ4n) is 3.68. The lowest BCUT2D eigenvalue weighted by atomic mass is 9.80. The first kappa shape index (κ1) is 26.4. The topological polar surface area (TPSA) is 128 Å². The third-order valence-corrected chi connectivity index (χ3v) is 7.37. The van der Waals surface area contributed by atoms with Crippen LogP contribution in [-0.4, -0.2) is 32.2 Å². The first-order valence-corrected chi connectivity index (χ1v) is 12.8. The molecule has 8 nitrogen and oxygen atoms in total. The SMILES string of the molecule is CCCCC(CC)CNS(=O)(=O)c1ccc(NN=C2C(=O)C(CC)C(=O)C(C#N)=C2C)cc1. The van der Waals surface area contributed by atoms with E-state index in [1.54, 1.807) is 19.1 Å². The van der Waals surface area contributed by atoms with Gasteiger partial charge in [-0.2, -0.15) is 10.4 Å². The molecule has 0 spiro atoms. The number of nitrogens with zero attached hydrogens (tertiary/aromatic N) is 2. The Labute approximate surface area is 196 Å². The van der Waals surface area contributed by atoms with Gasteiger partial charge < -0.3 is 0 Å². The van der Waals surface area contributed by atoms with Gasteiger partial charge in [-0.25, -0.2) is 13.1 Å². The van der Waals surface area contributed by atoms with Crippen molar-refractivity contribution in [1.82, 2.24) is 4.72 Å². The van der Waals surface area contributed by atoms with Gasteiger partial charge >= 0.3 is 0 Å². The molecule has 0 aliphatic heterocycles. The lowest BCUT2D eigenvalue weighted by Crippen LogP contribution is -2.37. The Bertz CT molecular complexity index is 1080. The van der Waals surface area contributed by atoms with E-state index in [9.17, 15) is 23.3 Å². The summed E-state index contributed by atoms with van der Waals surface area (Å²) in [6, 6.07) is 7.89. The maximum atomic E-state index is 12.6. The summed E-state index contributed by atoms with van der Waals surface area (Å²) in [5, 5.41) is 13.4. The Morgan fingerprint density at radius 2 is 1.79 bits per heavy atom. The van der Waals surface area contributed by atoms with Gasteiger partial charge in [-0.3, -0.25) is 15.0 Å². The average molecular weight is 473 g/mol. The molecule has 0 heterocycles.